The number of nitrogens with one attached hydrogen (secondary N) is 2. The lowest BCUT2D eigenvalue weighted by Gasteiger charge is -2.11. The Hall–Kier alpha value is -1.66. The van der Waals surface area contributed by atoms with Gasteiger partial charge in [-0.2, -0.15) is 0 Å². The molecule has 20 heavy (non-hydrogen) atoms. The van der Waals surface area contributed by atoms with Crippen LogP contribution in [-0.4, -0.2) is 22.1 Å². The lowest BCUT2D eigenvalue weighted by molar-refractivity contribution is -0.120. The summed E-state index contributed by atoms with van der Waals surface area (Å²) in [4.78, 5) is 22.5. The topological polar surface area (TPSA) is 78.4 Å². The number of rotatable bonds is 4. The molecule has 3 N–H and O–H groups in total. The minimum Gasteiger partial charge on any atom is -0.478 e. The zero-order chi connectivity index (χ0) is 15.3. The van der Waals surface area contributed by atoms with E-state index in [1.54, 1.807) is 6.07 Å². The number of hydrogen-bond acceptors (Lipinski definition) is 3. The van der Waals surface area contributed by atoms with Crippen molar-refractivity contribution in [3.8, 4) is 0 Å². The second kappa shape index (κ2) is 7.21. The first kappa shape index (κ1) is 16.4. The van der Waals surface area contributed by atoms with Gasteiger partial charge in [-0.3, -0.25) is 4.79 Å². The van der Waals surface area contributed by atoms with E-state index in [1.165, 1.54) is 12.1 Å². The van der Waals surface area contributed by atoms with Crippen LogP contribution in [0.3, 0.4) is 0 Å². The number of amides is 1. The number of carbonyl (C=O) groups excluding carboxylic acids is 1. The third-order valence-corrected chi connectivity index (χ3v) is 2.83. The highest BCUT2D eigenvalue weighted by molar-refractivity contribution is 7.80. The molecule has 1 rings (SSSR count). The Labute approximate surface area is 127 Å². The molecule has 0 unspecified atom stereocenters. The van der Waals surface area contributed by atoms with Crippen molar-refractivity contribution in [2.24, 2.45) is 5.92 Å². The van der Waals surface area contributed by atoms with Crippen molar-refractivity contribution in [2.45, 2.75) is 20.3 Å². The smallest absolute Gasteiger partial charge is 0.337 e. The van der Waals surface area contributed by atoms with Crippen molar-refractivity contribution in [3.63, 3.8) is 0 Å². The van der Waals surface area contributed by atoms with Crippen molar-refractivity contribution in [1.82, 2.24) is 5.32 Å². The Morgan fingerprint density at radius 2 is 2.05 bits per heavy atom. The zero-order valence-corrected chi connectivity index (χ0v) is 12.6. The van der Waals surface area contributed by atoms with Crippen LogP contribution in [0.1, 0.15) is 30.6 Å². The molecule has 0 aliphatic heterocycles. The lowest BCUT2D eigenvalue weighted by Crippen LogP contribution is -2.34. The molecule has 0 atom stereocenters. The number of carboxylic acid groups (broad SMARTS) is 1. The van der Waals surface area contributed by atoms with E-state index in [-0.39, 0.29) is 27.5 Å². The molecule has 0 aliphatic carbocycles. The van der Waals surface area contributed by atoms with E-state index >= 15 is 0 Å². The van der Waals surface area contributed by atoms with Crippen molar-refractivity contribution >= 4 is 46.5 Å². The highest BCUT2D eigenvalue weighted by atomic mass is 35.5. The number of thiocarbonyl (C=S) groups is 1. The Kier molecular flexibility index (Phi) is 5.91. The van der Waals surface area contributed by atoms with E-state index in [1.807, 2.05) is 13.8 Å². The molecule has 0 aromatic heterocycles. The molecule has 0 fully saturated rings. The monoisotopic (exact) mass is 314 g/mol. The summed E-state index contributed by atoms with van der Waals surface area (Å²) in [5.74, 6) is -1.09. The van der Waals surface area contributed by atoms with Gasteiger partial charge in [0.1, 0.15) is 0 Å². The van der Waals surface area contributed by atoms with Gasteiger partial charge in [-0.1, -0.05) is 25.4 Å². The Morgan fingerprint density at radius 1 is 1.40 bits per heavy atom. The van der Waals surface area contributed by atoms with Gasteiger partial charge in [0.25, 0.3) is 0 Å². The van der Waals surface area contributed by atoms with Crippen LogP contribution in [0.2, 0.25) is 5.02 Å². The fourth-order valence-electron chi connectivity index (χ4n) is 1.48. The minimum absolute atomic E-state index is 0.0343. The van der Waals surface area contributed by atoms with Crippen molar-refractivity contribution in [3.05, 3.63) is 28.8 Å². The normalized spacial score (nSPS) is 10.2. The standard InChI is InChI=1S/C13H15ClN2O3S/c1-7(2)5-11(17)16-13(20)15-8-3-4-10(14)9(6-8)12(18)19/h3-4,6-7H,5H2,1-2H3,(H,18,19)(H2,15,16,17,20). The molecule has 0 bridgehead atoms. The molecule has 0 saturated carbocycles. The minimum atomic E-state index is -1.13. The highest BCUT2D eigenvalue weighted by Gasteiger charge is 2.11. The number of halogens is 1. The summed E-state index contributed by atoms with van der Waals surface area (Å²) in [6, 6.07) is 4.38. The van der Waals surface area contributed by atoms with Gasteiger partial charge in [0.05, 0.1) is 10.6 Å². The number of benzene rings is 1. The first-order valence-corrected chi connectivity index (χ1v) is 6.72. The second-order valence-corrected chi connectivity index (χ2v) is 5.42. The van der Waals surface area contributed by atoms with Gasteiger partial charge in [0, 0.05) is 12.1 Å². The van der Waals surface area contributed by atoms with E-state index in [4.69, 9.17) is 28.9 Å². The molecule has 1 aromatic carbocycles. The average molecular weight is 315 g/mol. The maximum absolute atomic E-state index is 11.5. The van der Waals surface area contributed by atoms with Crippen molar-refractivity contribution in [1.29, 1.82) is 0 Å². The Balaban J connectivity index is 2.69. The van der Waals surface area contributed by atoms with Crippen LogP contribution >= 0.6 is 23.8 Å². The van der Waals surface area contributed by atoms with Crippen LogP contribution in [0.15, 0.2) is 18.2 Å². The largest absolute Gasteiger partial charge is 0.478 e. The molecule has 0 radical (unpaired) electrons. The average Bonchev–Trinajstić information content (AvgIpc) is 2.29. The number of carboxylic acids is 1. The highest BCUT2D eigenvalue weighted by Crippen LogP contribution is 2.20. The number of aromatic carboxylic acids is 1. The van der Waals surface area contributed by atoms with Crippen molar-refractivity contribution < 1.29 is 14.7 Å². The molecule has 0 aliphatic rings. The molecule has 0 spiro atoms. The fourth-order valence-corrected chi connectivity index (χ4v) is 1.91. The van der Waals surface area contributed by atoms with Gasteiger partial charge in [-0.25, -0.2) is 4.79 Å². The summed E-state index contributed by atoms with van der Waals surface area (Å²) in [5, 5.41) is 14.5. The summed E-state index contributed by atoms with van der Waals surface area (Å²) in [6.45, 7) is 3.85. The Morgan fingerprint density at radius 3 is 2.60 bits per heavy atom. The molecule has 7 heteroatoms. The Bertz CT molecular complexity index is 546. The first-order valence-electron chi connectivity index (χ1n) is 5.93. The van der Waals surface area contributed by atoms with Crippen LogP contribution < -0.4 is 10.6 Å². The maximum atomic E-state index is 11.5. The molecular weight excluding hydrogens is 300 g/mol. The van der Waals surface area contributed by atoms with Gasteiger partial charge in [-0.05, 0) is 36.3 Å². The molecule has 5 nitrogen and oxygen atoms in total. The van der Waals surface area contributed by atoms with Gasteiger partial charge < -0.3 is 15.7 Å². The van der Waals surface area contributed by atoms with Crippen LogP contribution in [-0.2, 0) is 4.79 Å². The summed E-state index contributed by atoms with van der Waals surface area (Å²) in [5.41, 5.74) is 0.412. The van der Waals surface area contributed by atoms with E-state index < -0.39 is 5.97 Å². The molecule has 0 heterocycles. The predicted octanol–water partition coefficient (Wildman–Crippen LogP) is 2.90. The van der Waals surface area contributed by atoms with Gasteiger partial charge in [0.15, 0.2) is 5.11 Å². The maximum Gasteiger partial charge on any atom is 0.337 e. The summed E-state index contributed by atoms with van der Waals surface area (Å²) in [7, 11) is 0. The molecule has 1 aromatic rings. The molecular formula is C13H15ClN2O3S. The summed E-state index contributed by atoms with van der Waals surface area (Å²) >= 11 is 10.7. The van der Waals surface area contributed by atoms with E-state index in [0.717, 1.165) is 0 Å². The quantitative estimate of drug-likeness (QED) is 0.745. The van der Waals surface area contributed by atoms with Gasteiger partial charge >= 0.3 is 5.97 Å². The molecule has 1 amide bonds. The van der Waals surface area contributed by atoms with Crippen LogP contribution in [0.4, 0.5) is 5.69 Å². The molecule has 108 valence electrons. The number of anilines is 1. The third-order valence-electron chi connectivity index (χ3n) is 2.30. The van der Waals surface area contributed by atoms with Crippen molar-refractivity contribution in [2.75, 3.05) is 5.32 Å². The number of carbonyl (C=O) groups is 2. The zero-order valence-electron chi connectivity index (χ0n) is 11.1. The van der Waals surface area contributed by atoms with Gasteiger partial charge in [-0.15, -0.1) is 0 Å². The summed E-state index contributed by atoms with van der Waals surface area (Å²) < 4.78 is 0. The first-order chi connectivity index (χ1) is 9.29. The second-order valence-electron chi connectivity index (χ2n) is 4.60. The SMILES string of the molecule is CC(C)CC(=O)NC(=S)Nc1ccc(Cl)c(C(=O)O)c1. The molecule has 0 saturated heterocycles. The fraction of sp³-hybridized carbons (Fsp3) is 0.308. The lowest BCUT2D eigenvalue weighted by atomic mass is 10.1. The summed E-state index contributed by atoms with van der Waals surface area (Å²) in [6.07, 6.45) is 0.364. The van der Waals surface area contributed by atoms with Crippen LogP contribution in [0.5, 0.6) is 0 Å². The van der Waals surface area contributed by atoms with E-state index in [9.17, 15) is 9.59 Å². The van der Waals surface area contributed by atoms with E-state index in [0.29, 0.717) is 12.1 Å². The van der Waals surface area contributed by atoms with Gasteiger partial charge in [0.2, 0.25) is 5.91 Å². The van der Waals surface area contributed by atoms with Crippen LogP contribution in [0, 0.1) is 5.92 Å². The van der Waals surface area contributed by atoms with E-state index in [2.05, 4.69) is 10.6 Å². The number of hydrogen-bond donors (Lipinski definition) is 3. The third kappa shape index (κ3) is 5.14. The van der Waals surface area contributed by atoms with Crippen LogP contribution in [0.25, 0.3) is 0 Å². The predicted molar refractivity (Wildman–Crippen MR) is 82.2 cm³/mol.